The third-order valence-corrected chi connectivity index (χ3v) is 1.84. The third-order valence-electron chi connectivity index (χ3n) is 1.84. The number of nitro groups is 1. The summed E-state index contributed by atoms with van der Waals surface area (Å²) in [6.45, 7) is 3.26. The molecule has 0 aliphatic carbocycles. The number of nitro benzene ring substituents is 1. The van der Waals surface area contributed by atoms with E-state index in [1.807, 2.05) is 0 Å². The maximum absolute atomic E-state index is 13.2. The highest BCUT2D eigenvalue weighted by Gasteiger charge is 2.19. The highest BCUT2D eigenvalue weighted by atomic mass is 19.1. The van der Waals surface area contributed by atoms with Crippen molar-refractivity contribution in [3.05, 3.63) is 34.1 Å². The van der Waals surface area contributed by atoms with Crippen molar-refractivity contribution in [1.29, 1.82) is 0 Å². The van der Waals surface area contributed by atoms with E-state index in [0.717, 1.165) is 12.1 Å². The fraction of sp³-hybridized carbons (Fsp3) is 0.273. The summed E-state index contributed by atoms with van der Waals surface area (Å²) in [4.78, 5) is 9.57. The zero-order valence-electron chi connectivity index (χ0n) is 8.86. The van der Waals surface area contributed by atoms with Crippen molar-refractivity contribution in [2.45, 2.75) is 19.4 Å². The van der Waals surface area contributed by atoms with Crippen LogP contribution in [0.2, 0.25) is 0 Å². The normalized spacial score (nSPS) is 10.6. The highest BCUT2D eigenvalue weighted by molar-refractivity contribution is 5.38. The van der Waals surface area contributed by atoms with Crippen molar-refractivity contribution in [1.82, 2.24) is 0 Å². The van der Waals surface area contributed by atoms with Gasteiger partial charge in [0.1, 0.15) is 5.75 Å². The molecule has 16 heavy (non-hydrogen) atoms. The Labute approximate surface area is 92.2 Å². The van der Waals surface area contributed by atoms with Crippen molar-refractivity contribution < 1.29 is 14.1 Å². The Kier molecular flexibility index (Phi) is 3.14. The number of ether oxygens (including phenoxy) is 1. The largest absolute Gasteiger partial charge is 0.475 e. The molecule has 1 rings (SSSR count). The molecule has 84 valence electrons. The van der Waals surface area contributed by atoms with E-state index in [-0.39, 0.29) is 5.75 Å². The first kappa shape index (κ1) is 12.0. The van der Waals surface area contributed by atoms with Crippen LogP contribution < -0.4 is 4.74 Å². The van der Waals surface area contributed by atoms with E-state index < -0.39 is 22.0 Å². The molecule has 0 bridgehead atoms. The topological polar surface area (TPSA) is 52.4 Å². The fourth-order valence-electron chi connectivity index (χ4n) is 1.02. The van der Waals surface area contributed by atoms with Crippen molar-refractivity contribution >= 4 is 5.69 Å². The van der Waals surface area contributed by atoms with Crippen LogP contribution in [0.4, 0.5) is 10.1 Å². The van der Waals surface area contributed by atoms with E-state index in [4.69, 9.17) is 11.2 Å². The van der Waals surface area contributed by atoms with Crippen molar-refractivity contribution in [3.8, 4) is 18.1 Å². The Morgan fingerprint density at radius 2 is 2.19 bits per heavy atom. The van der Waals surface area contributed by atoms with Gasteiger partial charge in [0.05, 0.1) is 4.92 Å². The molecule has 0 fully saturated rings. The second kappa shape index (κ2) is 4.19. The second-order valence-electron chi connectivity index (χ2n) is 3.63. The molecular weight excluding hydrogens is 213 g/mol. The molecule has 1 aromatic rings. The summed E-state index contributed by atoms with van der Waals surface area (Å²) >= 11 is 0. The summed E-state index contributed by atoms with van der Waals surface area (Å²) in [6, 6.07) is 3.29. The zero-order chi connectivity index (χ0) is 12.3. The lowest BCUT2D eigenvalue weighted by Crippen LogP contribution is -2.25. The van der Waals surface area contributed by atoms with Gasteiger partial charge < -0.3 is 4.74 Å². The molecule has 0 saturated carbocycles. The minimum absolute atomic E-state index is 0.158. The Hall–Kier alpha value is -2.09. The summed E-state index contributed by atoms with van der Waals surface area (Å²) in [6.07, 6.45) is 5.19. The van der Waals surface area contributed by atoms with Gasteiger partial charge in [-0.2, -0.15) is 4.39 Å². The lowest BCUT2D eigenvalue weighted by atomic mass is 10.1. The van der Waals surface area contributed by atoms with Crippen molar-refractivity contribution in [3.63, 3.8) is 0 Å². The number of halogens is 1. The summed E-state index contributed by atoms with van der Waals surface area (Å²) in [5.74, 6) is 1.58. The van der Waals surface area contributed by atoms with Crippen LogP contribution in [0, 0.1) is 28.3 Å². The Morgan fingerprint density at radius 1 is 1.56 bits per heavy atom. The molecular formula is C11H10FNO3. The Balaban J connectivity index is 2.99. The minimum atomic E-state index is -0.949. The van der Waals surface area contributed by atoms with Crippen molar-refractivity contribution in [2.24, 2.45) is 0 Å². The second-order valence-corrected chi connectivity index (χ2v) is 3.63. The van der Waals surface area contributed by atoms with Gasteiger partial charge in [-0.3, -0.25) is 10.1 Å². The first-order valence-corrected chi connectivity index (χ1v) is 4.46. The molecule has 0 aliphatic heterocycles. The first-order valence-electron chi connectivity index (χ1n) is 4.46. The SMILES string of the molecule is C#CC(C)(C)Oc1ccc([N+](=O)[O-])c(F)c1. The van der Waals surface area contributed by atoms with E-state index in [9.17, 15) is 14.5 Å². The van der Waals surface area contributed by atoms with Gasteiger partial charge in [-0.05, 0) is 19.9 Å². The number of terminal acetylenes is 1. The van der Waals surface area contributed by atoms with E-state index in [1.165, 1.54) is 6.07 Å². The van der Waals surface area contributed by atoms with Crippen molar-refractivity contribution in [2.75, 3.05) is 0 Å². The average molecular weight is 223 g/mol. The van der Waals surface area contributed by atoms with E-state index in [0.29, 0.717) is 0 Å². The molecule has 0 N–H and O–H groups in total. The summed E-state index contributed by atoms with van der Waals surface area (Å²) in [5.41, 5.74) is -1.48. The van der Waals surface area contributed by atoms with Crippen LogP contribution in [0.15, 0.2) is 18.2 Å². The number of nitrogens with zero attached hydrogens (tertiary/aromatic N) is 1. The van der Waals surface area contributed by atoms with E-state index in [1.54, 1.807) is 13.8 Å². The predicted molar refractivity (Wildman–Crippen MR) is 56.6 cm³/mol. The molecule has 0 aliphatic rings. The molecule has 0 unspecified atom stereocenters. The smallest absolute Gasteiger partial charge is 0.305 e. The molecule has 5 heteroatoms. The van der Waals surface area contributed by atoms with Gasteiger partial charge in [0.25, 0.3) is 0 Å². The first-order chi connectivity index (χ1) is 7.35. The standard InChI is InChI=1S/C11H10FNO3/c1-4-11(2,3)16-8-5-6-10(13(14)15)9(12)7-8/h1,5-7H,2-3H3. The van der Waals surface area contributed by atoms with Gasteiger partial charge in [0, 0.05) is 12.1 Å². The summed E-state index contributed by atoms with van der Waals surface area (Å²) in [5, 5.41) is 10.4. The van der Waals surface area contributed by atoms with Crippen LogP contribution >= 0.6 is 0 Å². The van der Waals surface area contributed by atoms with E-state index in [2.05, 4.69) is 5.92 Å². The zero-order valence-corrected chi connectivity index (χ0v) is 8.86. The molecule has 1 aromatic carbocycles. The van der Waals surface area contributed by atoms with Crippen LogP contribution in [0.5, 0.6) is 5.75 Å². The fourth-order valence-corrected chi connectivity index (χ4v) is 1.02. The molecule has 0 heterocycles. The number of rotatable bonds is 3. The highest BCUT2D eigenvalue weighted by Crippen LogP contribution is 2.24. The summed E-state index contributed by atoms with van der Waals surface area (Å²) < 4.78 is 18.5. The predicted octanol–water partition coefficient (Wildman–Crippen LogP) is 2.52. The average Bonchev–Trinajstić information content (AvgIpc) is 2.16. The summed E-state index contributed by atoms with van der Waals surface area (Å²) in [7, 11) is 0. The number of hydrogen-bond acceptors (Lipinski definition) is 3. The number of benzene rings is 1. The molecule has 0 spiro atoms. The maximum atomic E-state index is 13.2. The van der Waals surface area contributed by atoms with Crippen LogP contribution in [0.3, 0.4) is 0 Å². The molecule has 4 nitrogen and oxygen atoms in total. The van der Waals surface area contributed by atoms with Gasteiger partial charge in [0.15, 0.2) is 5.60 Å². The minimum Gasteiger partial charge on any atom is -0.475 e. The Bertz CT molecular complexity index is 463. The molecule has 0 aromatic heterocycles. The quantitative estimate of drug-likeness (QED) is 0.449. The van der Waals surface area contributed by atoms with Crippen LogP contribution in [0.25, 0.3) is 0 Å². The Morgan fingerprint density at radius 3 is 2.62 bits per heavy atom. The van der Waals surface area contributed by atoms with Crippen LogP contribution in [-0.4, -0.2) is 10.5 Å². The molecule has 0 atom stereocenters. The van der Waals surface area contributed by atoms with Crippen LogP contribution in [-0.2, 0) is 0 Å². The monoisotopic (exact) mass is 223 g/mol. The maximum Gasteiger partial charge on any atom is 0.305 e. The molecule has 0 radical (unpaired) electrons. The lowest BCUT2D eigenvalue weighted by molar-refractivity contribution is -0.387. The van der Waals surface area contributed by atoms with Gasteiger partial charge in [-0.1, -0.05) is 5.92 Å². The van der Waals surface area contributed by atoms with Gasteiger partial charge in [-0.15, -0.1) is 6.42 Å². The molecule has 0 amide bonds. The third kappa shape index (κ3) is 2.70. The number of hydrogen-bond donors (Lipinski definition) is 0. The van der Waals surface area contributed by atoms with E-state index >= 15 is 0 Å². The lowest BCUT2D eigenvalue weighted by Gasteiger charge is -2.19. The van der Waals surface area contributed by atoms with Crippen LogP contribution in [0.1, 0.15) is 13.8 Å². The van der Waals surface area contributed by atoms with Gasteiger partial charge in [0.2, 0.25) is 5.82 Å². The molecule has 0 saturated heterocycles. The van der Waals surface area contributed by atoms with Gasteiger partial charge >= 0.3 is 5.69 Å². The van der Waals surface area contributed by atoms with Gasteiger partial charge in [-0.25, -0.2) is 0 Å².